The van der Waals surface area contributed by atoms with Crippen LogP contribution in [0, 0.1) is 0 Å². The fourth-order valence-electron chi connectivity index (χ4n) is 4.41. The van der Waals surface area contributed by atoms with Gasteiger partial charge in [-0.25, -0.2) is 4.79 Å². The highest BCUT2D eigenvalue weighted by Crippen LogP contribution is 2.28. The van der Waals surface area contributed by atoms with Crippen LogP contribution in [0.3, 0.4) is 0 Å². The third kappa shape index (κ3) is 5.42. The monoisotopic (exact) mass is 400 g/mol. The van der Waals surface area contributed by atoms with Gasteiger partial charge in [0, 0.05) is 43.7 Å². The van der Waals surface area contributed by atoms with E-state index >= 15 is 0 Å². The number of ether oxygens (including phenoxy) is 1. The molecule has 1 aromatic carbocycles. The molecule has 2 aliphatic heterocycles. The zero-order valence-electron chi connectivity index (χ0n) is 17.0. The molecule has 2 aromatic rings. The molecule has 3 heterocycles. The van der Waals surface area contributed by atoms with Crippen molar-refractivity contribution in [1.82, 2.24) is 20.1 Å². The number of carbonyl (C=O) groups is 1. The molecule has 0 unspecified atom stereocenters. The standard InChI is InChI=1S/C22H32N4O3/c27-20-7-5-6-19-18(20)16-21(24-19)29-22(28)23-17-8-12-26(13-9-17)15-14-25-10-3-1-2-4-11-25/h5-7,16-17,24,27H,1-4,8-15H2,(H,23,28). The number of phenols is 1. The van der Waals surface area contributed by atoms with Crippen molar-refractivity contribution in [1.29, 1.82) is 0 Å². The van der Waals surface area contributed by atoms with Gasteiger partial charge in [-0.15, -0.1) is 0 Å². The van der Waals surface area contributed by atoms with Crippen LogP contribution in [0.1, 0.15) is 38.5 Å². The van der Waals surface area contributed by atoms with Crippen molar-refractivity contribution in [2.24, 2.45) is 0 Å². The maximum Gasteiger partial charge on any atom is 0.414 e. The van der Waals surface area contributed by atoms with Gasteiger partial charge in [-0.1, -0.05) is 18.9 Å². The largest absolute Gasteiger partial charge is 0.507 e. The van der Waals surface area contributed by atoms with Crippen molar-refractivity contribution in [3.63, 3.8) is 0 Å². The van der Waals surface area contributed by atoms with Crippen LogP contribution in [0.5, 0.6) is 11.6 Å². The molecule has 29 heavy (non-hydrogen) atoms. The lowest BCUT2D eigenvalue weighted by atomic mass is 10.1. The Hall–Kier alpha value is -2.25. The topological polar surface area (TPSA) is 80.8 Å². The number of piperidine rings is 1. The Bertz CT molecular complexity index is 805. The number of carbonyl (C=O) groups excluding carboxylic acids is 1. The number of hydrogen-bond acceptors (Lipinski definition) is 5. The van der Waals surface area contributed by atoms with Crippen molar-refractivity contribution in [3.05, 3.63) is 24.3 Å². The smallest absolute Gasteiger partial charge is 0.414 e. The number of aromatic amines is 1. The van der Waals surface area contributed by atoms with E-state index in [1.165, 1.54) is 38.8 Å². The number of hydrogen-bond donors (Lipinski definition) is 3. The minimum Gasteiger partial charge on any atom is -0.507 e. The number of likely N-dealkylation sites (tertiary alicyclic amines) is 2. The van der Waals surface area contributed by atoms with E-state index in [-0.39, 0.29) is 11.8 Å². The maximum absolute atomic E-state index is 12.3. The molecule has 0 bridgehead atoms. The molecule has 7 heteroatoms. The summed E-state index contributed by atoms with van der Waals surface area (Å²) in [7, 11) is 0. The molecule has 0 saturated carbocycles. The summed E-state index contributed by atoms with van der Waals surface area (Å²) in [5.41, 5.74) is 0.741. The van der Waals surface area contributed by atoms with Crippen molar-refractivity contribution in [3.8, 4) is 11.6 Å². The Labute approximate surface area is 172 Å². The van der Waals surface area contributed by atoms with Crippen LogP contribution >= 0.6 is 0 Å². The van der Waals surface area contributed by atoms with Crippen molar-refractivity contribution in [2.45, 2.75) is 44.6 Å². The van der Waals surface area contributed by atoms with Gasteiger partial charge in [-0.3, -0.25) is 0 Å². The molecule has 1 amide bonds. The Morgan fingerprint density at radius 2 is 1.76 bits per heavy atom. The van der Waals surface area contributed by atoms with E-state index < -0.39 is 6.09 Å². The molecule has 2 saturated heterocycles. The van der Waals surface area contributed by atoms with Gasteiger partial charge in [0.15, 0.2) is 0 Å². The minimum atomic E-state index is -0.445. The van der Waals surface area contributed by atoms with Gasteiger partial charge in [0.2, 0.25) is 5.88 Å². The Morgan fingerprint density at radius 3 is 2.45 bits per heavy atom. The lowest BCUT2D eigenvalue weighted by molar-refractivity contribution is 0.157. The number of nitrogens with one attached hydrogen (secondary N) is 2. The average molecular weight is 401 g/mol. The number of amides is 1. The molecule has 158 valence electrons. The van der Waals surface area contributed by atoms with Crippen molar-refractivity contribution >= 4 is 17.0 Å². The van der Waals surface area contributed by atoms with Crippen molar-refractivity contribution < 1.29 is 14.6 Å². The van der Waals surface area contributed by atoms with E-state index in [2.05, 4.69) is 20.1 Å². The van der Waals surface area contributed by atoms with Crippen molar-refractivity contribution in [2.75, 3.05) is 39.3 Å². The normalized spacial score (nSPS) is 19.9. The van der Waals surface area contributed by atoms with Crippen LogP contribution in [0.2, 0.25) is 0 Å². The van der Waals surface area contributed by atoms with Crippen LogP contribution in [0.4, 0.5) is 4.79 Å². The third-order valence-corrected chi connectivity index (χ3v) is 6.16. The first kappa shape index (κ1) is 20.0. The van der Waals surface area contributed by atoms with Crippen LogP contribution in [0.15, 0.2) is 24.3 Å². The fourth-order valence-corrected chi connectivity index (χ4v) is 4.41. The molecule has 0 aliphatic carbocycles. The highest BCUT2D eigenvalue weighted by molar-refractivity contribution is 5.87. The molecule has 3 N–H and O–H groups in total. The Morgan fingerprint density at radius 1 is 1.07 bits per heavy atom. The van der Waals surface area contributed by atoms with E-state index in [1.54, 1.807) is 18.2 Å². The zero-order chi connectivity index (χ0) is 20.1. The number of benzene rings is 1. The van der Waals surface area contributed by atoms with E-state index in [0.29, 0.717) is 11.3 Å². The number of nitrogens with zero attached hydrogens (tertiary/aromatic N) is 2. The molecule has 2 fully saturated rings. The minimum absolute atomic E-state index is 0.148. The second-order valence-electron chi connectivity index (χ2n) is 8.28. The van der Waals surface area contributed by atoms with E-state index in [1.807, 2.05) is 6.07 Å². The lowest BCUT2D eigenvalue weighted by Gasteiger charge is -2.33. The van der Waals surface area contributed by atoms with Gasteiger partial charge in [0.1, 0.15) is 5.75 Å². The molecule has 2 aliphatic rings. The molecular formula is C22H32N4O3. The number of fused-ring (bicyclic) bond motifs is 1. The van der Waals surface area contributed by atoms with Crippen LogP contribution in [0.25, 0.3) is 10.9 Å². The zero-order valence-corrected chi connectivity index (χ0v) is 17.0. The predicted octanol–water partition coefficient (Wildman–Crippen LogP) is 3.30. The molecule has 0 radical (unpaired) electrons. The van der Waals surface area contributed by atoms with E-state index in [0.717, 1.165) is 44.5 Å². The van der Waals surface area contributed by atoms with Gasteiger partial charge < -0.3 is 29.9 Å². The highest BCUT2D eigenvalue weighted by Gasteiger charge is 2.22. The van der Waals surface area contributed by atoms with E-state index in [4.69, 9.17) is 4.74 Å². The predicted molar refractivity (Wildman–Crippen MR) is 113 cm³/mol. The molecule has 4 rings (SSSR count). The van der Waals surface area contributed by atoms with Gasteiger partial charge in [0.05, 0.1) is 5.52 Å². The third-order valence-electron chi connectivity index (χ3n) is 6.16. The van der Waals surface area contributed by atoms with E-state index in [9.17, 15) is 9.90 Å². The first-order chi connectivity index (χ1) is 14.2. The number of aromatic nitrogens is 1. The quantitative estimate of drug-likeness (QED) is 0.718. The molecule has 7 nitrogen and oxygen atoms in total. The highest BCUT2D eigenvalue weighted by atomic mass is 16.6. The summed E-state index contributed by atoms with van der Waals surface area (Å²) in [5.74, 6) is 0.510. The lowest BCUT2D eigenvalue weighted by Crippen LogP contribution is -2.47. The summed E-state index contributed by atoms with van der Waals surface area (Å²) in [6.45, 7) is 6.80. The first-order valence-corrected chi connectivity index (χ1v) is 10.9. The van der Waals surface area contributed by atoms with Crippen LogP contribution in [-0.2, 0) is 0 Å². The summed E-state index contributed by atoms with van der Waals surface area (Å²) in [6, 6.07) is 6.99. The summed E-state index contributed by atoms with van der Waals surface area (Å²) in [4.78, 5) is 20.4. The second-order valence-corrected chi connectivity index (χ2v) is 8.28. The molecule has 0 spiro atoms. The maximum atomic E-state index is 12.3. The molecule has 1 aromatic heterocycles. The first-order valence-electron chi connectivity index (χ1n) is 10.9. The number of phenolic OH excluding ortho intramolecular Hbond substituents is 1. The Kier molecular flexibility index (Phi) is 6.56. The number of H-pyrrole nitrogens is 1. The van der Waals surface area contributed by atoms with Crippen LogP contribution < -0.4 is 10.1 Å². The van der Waals surface area contributed by atoms with Gasteiger partial charge in [-0.2, -0.15) is 0 Å². The number of rotatable bonds is 5. The SMILES string of the molecule is O=C(NC1CCN(CCN2CCCCCC2)CC1)Oc1cc2c(O)cccc2[nH]1. The summed E-state index contributed by atoms with van der Waals surface area (Å²) >= 11 is 0. The number of aromatic hydroxyl groups is 1. The summed E-state index contributed by atoms with van der Waals surface area (Å²) in [5, 5.41) is 13.5. The summed E-state index contributed by atoms with van der Waals surface area (Å²) < 4.78 is 5.39. The average Bonchev–Trinajstić information content (AvgIpc) is 2.94. The van der Waals surface area contributed by atoms with Gasteiger partial charge in [-0.05, 0) is 50.9 Å². The molecular weight excluding hydrogens is 368 g/mol. The van der Waals surface area contributed by atoms with Gasteiger partial charge >= 0.3 is 6.09 Å². The fraction of sp³-hybridized carbons (Fsp3) is 0.591. The van der Waals surface area contributed by atoms with Gasteiger partial charge in [0.25, 0.3) is 0 Å². The summed E-state index contributed by atoms with van der Waals surface area (Å²) in [6.07, 6.45) is 6.88. The Balaban J connectivity index is 1.19. The second kappa shape index (κ2) is 9.50. The van der Waals surface area contributed by atoms with Crippen LogP contribution in [-0.4, -0.2) is 71.3 Å². The molecule has 0 atom stereocenters.